The smallest absolute Gasteiger partial charge is 0.0901 e. The highest BCUT2D eigenvalue weighted by Crippen LogP contribution is 2.40. The van der Waals surface area contributed by atoms with E-state index in [9.17, 15) is 10.2 Å². The minimum atomic E-state index is -0.855. The molecule has 0 spiro atoms. The Morgan fingerprint density at radius 3 is 2.46 bits per heavy atom. The molecule has 4 unspecified atom stereocenters. The Kier molecular flexibility index (Phi) is 2.83. The van der Waals surface area contributed by atoms with Crippen molar-refractivity contribution in [2.75, 3.05) is 0 Å². The van der Waals surface area contributed by atoms with E-state index in [1.54, 1.807) is 0 Å². The lowest BCUT2D eigenvalue weighted by atomic mass is 9.68. The second kappa shape index (κ2) is 3.43. The van der Waals surface area contributed by atoms with Crippen LogP contribution in [-0.4, -0.2) is 21.9 Å². The van der Waals surface area contributed by atoms with Crippen molar-refractivity contribution in [1.82, 2.24) is 0 Å². The molecule has 4 atom stereocenters. The Labute approximate surface area is 80.3 Å². The van der Waals surface area contributed by atoms with E-state index in [0.717, 1.165) is 18.4 Å². The van der Waals surface area contributed by atoms with Crippen LogP contribution in [0.15, 0.2) is 12.2 Å². The van der Waals surface area contributed by atoms with E-state index in [4.69, 9.17) is 0 Å². The van der Waals surface area contributed by atoms with Crippen molar-refractivity contribution in [3.05, 3.63) is 12.2 Å². The van der Waals surface area contributed by atoms with Crippen LogP contribution in [0.5, 0.6) is 0 Å². The van der Waals surface area contributed by atoms with Gasteiger partial charge >= 0.3 is 0 Å². The summed E-state index contributed by atoms with van der Waals surface area (Å²) in [5, 5.41) is 20.1. The zero-order chi connectivity index (χ0) is 10.2. The van der Waals surface area contributed by atoms with Crippen molar-refractivity contribution in [2.45, 2.75) is 45.3 Å². The molecule has 2 heteroatoms. The molecule has 0 radical (unpaired) electrons. The summed E-state index contributed by atoms with van der Waals surface area (Å²) >= 11 is 0. The van der Waals surface area contributed by atoms with Crippen molar-refractivity contribution >= 4 is 0 Å². The number of aliphatic hydroxyl groups is 2. The Balaban J connectivity index is 2.85. The molecular formula is C11H20O2. The lowest BCUT2D eigenvalue weighted by Crippen LogP contribution is -2.49. The first-order valence-electron chi connectivity index (χ1n) is 4.96. The zero-order valence-electron chi connectivity index (χ0n) is 8.75. The van der Waals surface area contributed by atoms with Crippen LogP contribution in [0.3, 0.4) is 0 Å². The van der Waals surface area contributed by atoms with Gasteiger partial charge in [0.05, 0.1) is 11.7 Å². The topological polar surface area (TPSA) is 40.5 Å². The number of aliphatic hydroxyl groups excluding tert-OH is 1. The molecule has 1 aliphatic carbocycles. The molecule has 1 aliphatic rings. The highest BCUT2D eigenvalue weighted by atomic mass is 16.3. The summed E-state index contributed by atoms with van der Waals surface area (Å²) in [5.41, 5.74) is -0.0858. The zero-order valence-corrected chi connectivity index (χ0v) is 8.75. The van der Waals surface area contributed by atoms with Crippen LogP contribution in [0.1, 0.15) is 33.6 Å². The van der Waals surface area contributed by atoms with E-state index in [-0.39, 0.29) is 11.8 Å². The van der Waals surface area contributed by atoms with Gasteiger partial charge in [0.25, 0.3) is 0 Å². The first kappa shape index (κ1) is 10.7. The average molecular weight is 184 g/mol. The molecule has 0 aliphatic heterocycles. The second-order valence-corrected chi connectivity index (χ2v) is 4.50. The van der Waals surface area contributed by atoms with Gasteiger partial charge in [0.15, 0.2) is 0 Å². The number of hydrogen-bond acceptors (Lipinski definition) is 2. The Morgan fingerprint density at radius 1 is 1.46 bits per heavy atom. The van der Waals surface area contributed by atoms with Crippen LogP contribution in [0.2, 0.25) is 0 Å². The van der Waals surface area contributed by atoms with Gasteiger partial charge in [-0.1, -0.05) is 20.4 Å². The molecule has 76 valence electrons. The molecule has 1 rings (SSSR count). The van der Waals surface area contributed by atoms with E-state index >= 15 is 0 Å². The van der Waals surface area contributed by atoms with Gasteiger partial charge in [0.1, 0.15) is 0 Å². The van der Waals surface area contributed by atoms with Gasteiger partial charge < -0.3 is 10.2 Å². The third-order valence-corrected chi connectivity index (χ3v) is 3.57. The molecule has 2 nitrogen and oxygen atoms in total. The maximum atomic E-state index is 10.2. The standard InChI is InChI=1S/C11H20O2/c1-7(2)11(13)6-5-8(3)10(12)9(11)4/h8-10,12-13H,1,5-6H2,2-4H3. The van der Waals surface area contributed by atoms with E-state index in [0.29, 0.717) is 0 Å². The molecular weight excluding hydrogens is 164 g/mol. The molecule has 0 heterocycles. The van der Waals surface area contributed by atoms with Gasteiger partial charge in [-0.2, -0.15) is 0 Å². The lowest BCUT2D eigenvalue weighted by Gasteiger charge is -2.44. The molecule has 0 saturated heterocycles. The van der Waals surface area contributed by atoms with E-state index < -0.39 is 11.7 Å². The first-order chi connectivity index (χ1) is 5.89. The summed E-state index contributed by atoms with van der Waals surface area (Å²) in [6.07, 6.45) is 1.19. The minimum absolute atomic E-state index is 0.103. The molecule has 1 saturated carbocycles. The summed E-state index contributed by atoms with van der Waals surface area (Å²) in [5.74, 6) is 0.184. The van der Waals surface area contributed by atoms with Gasteiger partial charge in [-0.05, 0) is 31.3 Å². The van der Waals surface area contributed by atoms with Crippen molar-refractivity contribution in [1.29, 1.82) is 0 Å². The fourth-order valence-corrected chi connectivity index (χ4v) is 2.22. The number of rotatable bonds is 1. The molecule has 0 bridgehead atoms. The molecule has 0 aromatic carbocycles. The van der Waals surface area contributed by atoms with Gasteiger partial charge in [-0.15, -0.1) is 0 Å². The van der Waals surface area contributed by atoms with Crippen molar-refractivity contribution < 1.29 is 10.2 Å². The van der Waals surface area contributed by atoms with Crippen LogP contribution in [0.4, 0.5) is 0 Å². The molecule has 0 amide bonds. The minimum Gasteiger partial charge on any atom is -0.392 e. The molecule has 1 fully saturated rings. The molecule has 2 N–H and O–H groups in total. The van der Waals surface area contributed by atoms with Crippen LogP contribution in [0, 0.1) is 11.8 Å². The quantitative estimate of drug-likeness (QED) is 0.609. The molecule has 0 aromatic heterocycles. The van der Waals surface area contributed by atoms with Crippen LogP contribution in [-0.2, 0) is 0 Å². The summed E-state index contributed by atoms with van der Waals surface area (Å²) in [6.45, 7) is 9.56. The average Bonchev–Trinajstić information content (AvgIpc) is 2.08. The SMILES string of the molecule is C=C(C)C1(O)CCC(C)C(O)C1C. The third-order valence-electron chi connectivity index (χ3n) is 3.57. The van der Waals surface area contributed by atoms with E-state index in [1.807, 2.05) is 20.8 Å². The van der Waals surface area contributed by atoms with Gasteiger partial charge in [-0.3, -0.25) is 0 Å². The van der Waals surface area contributed by atoms with Crippen molar-refractivity contribution in [2.24, 2.45) is 11.8 Å². The maximum Gasteiger partial charge on any atom is 0.0901 e. The summed E-state index contributed by atoms with van der Waals surface area (Å²) < 4.78 is 0. The second-order valence-electron chi connectivity index (χ2n) is 4.50. The predicted octanol–water partition coefficient (Wildman–Crippen LogP) is 1.72. The summed E-state index contributed by atoms with van der Waals surface area (Å²) in [4.78, 5) is 0. The van der Waals surface area contributed by atoms with E-state index in [2.05, 4.69) is 6.58 Å². The first-order valence-corrected chi connectivity index (χ1v) is 4.96. The number of hydrogen-bond donors (Lipinski definition) is 2. The van der Waals surface area contributed by atoms with Crippen molar-refractivity contribution in [3.8, 4) is 0 Å². The summed E-state index contributed by atoms with van der Waals surface area (Å²) in [6, 6.07) is 0. The lowest BCUT2D eigenvalue weighted by molar-refractivity contribution is -0.0936. The Hall–Kier alpha value is -0.340. The van der Waals surface area contributed by atoms with Gasteiger partial charge in [-0.25, -0.2) is 0 Å². The predicted molar refractivity (Wildman–Crippen MR) is 53.3 cm³/mol. The highest BCUT2D eigenvalue weighted by molar-refractivity contribution is 5.14. The van der Waals surface area contributed by atoms with Crippen LogP contribution in [0.25, 0.3) is 0 Å². The van der Waals surface area contributed by atoms with Crippen molar-refractivity contribution in [3.63, 3.8) is 0 Å². The third kappa shape index (κ3) is 1.65. The fourth-order valence-electron chi connectivity index (χ4n) is 2.22. The highest BCUT2D eigenvalue weighted by Gasteiger charge is 2.44. The molecule has 13 heavy (non-hydrogen) atoms. The largest absolute Gasteiger partial charge is 0.392 e. The Morgan fingerprint density at radius 2 is 2.00 bits per heavy atom. The summed E-state index contributed by atoms with van der Waals surface area (Å²) in [7, 11) is 0. The molecule has 0 aromatic rings. The van der Waals surface area contributed by atoms with Crippen LogP contribution < -0.4 is 0 Å². The normalized spacial score (nSPS) is 46.1. The maximum absolute atomic E-state index is 10.2. The van der Waals surface area contributed by atoms with E-state index in [1.165, 1.54) is 0 Å². The monoisotopic (exact) mass is 184 g/mol. The van der Waals surface area contributed by atoms with Gasteiger partial charge in [0, 0.05) is 5.92 Å². The Bertz CT molecular complexity index is 212. The van der Waals surface area contributed by atoms with Crippen LogP contribution >= 0.6 is 0 Å². The fraction of sp³-hybridized carbons (Fsp3) is 0.818. The van der Waals surface area contributed by atoms with Gasteiger partial charge in [0.2, 0.25) is 0 Å².